The molecule has 6 nitrogen and oxygen atoms in total. The van der Waals surface area contributed by atoms with Gasteiger partial charge in [-0.3, -0.25) is 0 Å². The fourth-order valence-electron chi connectivity index (χ4n) is 4.12. The smallest absolute Gasteiger partial charge is 0.119 e. The van der Waals surface area contributed by atoms with Crippen molar-refractivity contribution in [1.82, 2.24) is 0 Å². The summed E-state index contributed by atoms with van der Waals surface area (Å²) in [6, 6.07) is 17.1. The lowest BCUT2D eigenvalue weighted by Gasteiger charge is -2.37. The maximum atomic E-state index is 5.81. The first-order valence-electron chi connectivity index (χ1n) is 11.7. The second-order valence-corrected chi connectivity index (χ2v) is 8.07. The van der Waals surface area contributed by atoms with Crippen LogP contribution in [-0.2, 0) is 18.9 Å². The van der Waals surface area contributed by atoms with Crippen molar-refractivity contribution in [2.75, 3.05) is 66.1 Å². The number of hydrogen-bond acceptors (Lipinski definition) is 6. The van der Waals surface area contributed by atoms with E-state index >= 15 is 0 Å². The summed E-state index contributed by atoms with van der Waals surface area (Å²) < 4.78 is 33.7. The van der Waals surface area contributed by atoms with Gasteiger partial charge >= 0.3 is 0 Å². The number of fused-ring (bicyclic) bond motifs is 2. The normalized spacial score (nSPS) is 24.0. The Morgan fingerprint density at radius 2 is 0.719 bits per heavy atom. The molecule has 0 amide bonds. The van der Waals surface area contributed by atoms with Gasteiger partial charge in [0.1, 0.15) is 24.7 Å². The molecule has 2 aromatic carbocycles. The van der Waals surface area contributed by atoms with Crippen LogP contribution in [-0.4, -0.2) is 66.1 Å². The maximum Gasteiger partial charge on any atom is 0.119 e. The van der Waals surface area contributed by atoms with Gasteiger partial charge in [0.2, 0.25) is 0 Å². The maximum absolute atomic E-state index is 5.81. The molecule has 3 heterocycles. The molecule has 1 fully saturated rings. The van der Waals surface area contributed by atoms with Gasteiger partial charge in [-0.1, -0.05) is 24.3 Å². The molecule has 0 spiro atoms. The summed E-state index contributed by atoms with van der Waals surface area (Å²) in [6.45, 7) is 5.45. The molecule has 6 rings (SSSR count). The Morgan fingerprint density at radius 3 is 1.03 bits per heavy atom. The van der Waals surface area contributed by atoms with E-state index in [1.165, 1.54) is 24.0 Å². The highest BCUT2D eigenvalue weighted by molar-refractivity contribution is 5.37. The van der Waals surface area contributed by atoms with Crippen molar-refractivity contribution in [3.8, 4) is 11.5 Å². The molecule has 1 saturated carbocycles. The van der Waals surface area contributed by atoms with Gasteiger partial charge in [-0.05, 0) is 60.1 Å². The van der Waals surface area contributed by atoms with E-state index in [2.05, 4.69) is 48.5 Å². The third kappa shape index (κ3) is 6.94. The van der Waals surface area contributed by atoms with Crippen LogP contribution in [0.4, 0.5) is 0 Å². The Morgan fingerprint density at radius 1 is 0.406 bits per heavy atom. The second kappa shape index (κ2) is 12.8. The minimum Gasteiger partial charge on any atom is -0.491 e. The standard InChI is InChI=1S/C26H34O6/c1-5-23-6-2-21(1)25-9-10-26(25)22-3-7-24(8-4-22)32-20-18-30-16-14-28-12-11-27-13-15-29-17-19-31-23/h1-8,25-26H,9-20H2. The molecule has 6 heteroatoms. The number of rotatable bonds is 0. The first-order chi connectivity index (χ1) is 15.9. The average molecular weight is 443 g/mol. The lowest BCUT2D eigenvalue weighted by molar-refractivity contribution is -0.00699. The van der Waals surface area contributed by atoms with Gasteiger partial charge in [0, 0.05) is 0 Å². The highest BCUT2D eigenvalue weighted by Crippen LogP contribution is 2.49. The summed E-state index contributed by atoms with van der Waals surface area (Å²) in [6.07, 6.45) is 2.44. The minimum atomic E-state index is 0.531. The van der Waals surface area contributed by atoms with Crippen molar-refractivity contribution in [2.24, 2.45) is 0 Å². The molecule has 0 saturated heterocycles. The second-order valence-electron chi connectivity index (χ2n) is 8.07. The van der Waals surface area contributed by atoms with Gasteiger partial charge in [0.25, 0.3) is 0 Å². The molecule has 4 bridgehead atoms. The fourth-order valence-corrected chi connectivity index (χ4v) is 4.12. The topological polar surface area (TPSA) is 55.4 Å². The van der Waals surface area contributed by atoms with Crippen molar-refractivity contribution in [1.29, 1.82) is 0 Å². The van der Waals surface area contributed by atoms with Crippen LogP contribution in [0, 0.1) is 0 Å². The largest absolute Gasteiger partial charge is 0.491 e. The van der Waals surface area contributed by atoms with Gasteiger partial charge in [-0.25, -0.2) is 0 Å². The highest BCUT2D eigenvalue weighted by Gasteiger charge is 2.33. The summed E-state index contributed by atoms with van der Waals surface area (Å²) in [5.41, 5.74) is 2.76. The van der Waals surface area contributed by atoms with Crippen molar-refractivity contribution in [3.63, 3.8) is 0 Å². The van der Waals surface area contributed by atoms with Gasteiger partial charge < -0.3 is 28.4 Å². The molecule has 1 aliphatic carbocycles. The summed E-state index contributed by atoms with van der Waals surface area (Å²) in [5, 5.41) is 0. The van der Waals surface area contributed by atoms with Gasteiger partial charge in [0.05, 0.1) is 52.9 Å². The fraction of sp³-hybridized carbons (Fsp3) is 0.538. The molecule has 2 aromatic rings. The number of ether oxygens (including phenoxy) is 6. The molecule has 2 atom stereocenters. The highest BCUT2D eigenvalue weighted by atomic mass is 16.6. The molecular weight excluding hydrogens is 408 g/mol. The van der Waals surface area contributed by atoms with Crippen molar-refractivity contribution >= 4 is 0 Å². The zero-order chi connectivity index (χ0) is 21.8. The zero-order valence-electron chi connectivity index (χ0n) is 18.7. The minimum absolute atomic E-state index is 0.531. The van der Waals surface area contributed by atoms with Crippen molar-refractivity contribution in [3.05, 3.63) is 59.7 Å². The van der Waals surface area contributed by atoms with Gasteiger partial charge in [-0.2, -0.15) is 0 Å². The van der Waals surface area contributed by atoms with E-state index in [4.69, 9.17) is 28.4 Å². The lowest BCUT2D eigenvalue weighted by Crippen LogP contribution is -2.21. The van der Waals surface area contributed by atoms with Crippen LogP contribution in [0.2, 0.25) is 0 Å². The predicted molar refractivity (Wildman–Crippen MR) is 122 cm³/mol. The average Bonchev–Trinajstić information content (AvgIpc) is 2.79. The third-order valence-corrected chi connectivity index (χ3v) is 6.00. The van der Waals surface area contributed by atoms with E-state index < -0.39 is 0 Å². The van der Waals surface area contributed by atoms with Crippen LogP contribution >= 0.6 is 0 Å². The van der Waals surface area contributed by atoms with Crippen LogP contribution in [0.25, 0.3) is 0 Å². The molecule has 4 aliphatic rings. The zero-order valence-corrected chi connectivity index (χ0v) is 18.7. The lowest BCUT2D eigenvalue weighted by atomic mass is 9.67. The van der Waals surface area contributed by atoms with Crippen molar-refractivity contribution in [2.45, 2.75) is 24.7 Å². The first-order valence-corrected chi connectivity index (χ1v) is 11.7. The van der Waals surface area contributed by atoms with Crippen LogP contribution < -0.4 is 9.47 Å². The summed E-state index contributed by atoms with van der Waals surface area (Å²) in [5.74, 6) is 2.89. The van der Waals surface area contributed by atoms with E-state index in [9.17, 15) is 0 Å². The van der Waals surface area contributed by atoms with Crippen LogP contribution in [0.3, 0.4) is 0 Å². The quantitative estimate of drug-likeness (QED) is 0.610. The Labute approximate surface area is 190 Å². The van der Waals surface area contributed by atoms with E-state index in [-0.39, 0.29) is 0 Å². The molecule has 2 unspecified atom stereocenters. The molecule has 32 heavy (non-hydrogen) atoms. The van der Waals surface area contributed by atoms with E-state index in [1.54, 1.807) is 0 Å². The Hall–Kier alpha value is -2.12. The Bertz CT molecular complexity index is 708. The Kier molecular flexibility index (Phi) is 9.22. The summed E-state index contributed by atoms with van der Waals surface area (Å²) in [4.78, 5) is 0. The SMILES string of the molecule is c1cc2ccc1OCCOCCOCCOCCOCCOc1ccc(cc1)C1CCC21. The van der Waals surface area contributed by atoms with Gasteiger partial charge in [-0.15, -0.1) is 0 Å². The molecule has 0 radical (unpaired) electrons. The number of hydrogen-bond donors (Lipinski definition) is 0. The van der Waals surface area contributed by atoms with Crippen LogP contribution in [0.5, 0.6) is 11.5 Å². The molecule has 0 aromatic heterocycles. The number of benzene rings is 2. The van der Waals surface area contributed by atoms with E-state index in [0.29, 0.717) is 77.9 Å². The van der Waals surface area contributed by atoms with E-state index in [0.717, 1.165) is 11.5 Å². The Balaban J connectivity index is 1.32. The summed E-state index contributed by atoms with van der Waals surface area (Å²) >= 11 is 0. The third-order valence-electron chi connectivity index (χ3n) is 6.00. The summed E-state index contributed by atoms with van der Waals surface area (Å²) in [7, 11) is 0. The molecule has 0 N–H and O–H groups in total. The van der Waals surface area contributed by atoms with E-state index in [1.807, 2.05) is 0 Å². The van der Waals surface area contributed by atoms with Crippen molar-refractivity contribution < 1.29 is 28.4 Å². The predicted octanol–water partition coefficient (Wildman–Crippen LogP) is 4.19. The monoisotopic (exact) mass is 442 g/mol. The van der Waals surface area contributed by atoms with Crippen LogP contribution in [0.1, 0.15) is 35.8 Å². The first kappa shape index (κ1) is 23.1. The molecule has 174 valence electrons. The van der Waals surface area contributed by atoms with Gasteiger partial charge in [0.15, 0.2) is 0 Å². The molecule has 3 aliphatic heterocycles. The van der Waals surface area contributed by atoms with Crippen LogP contribution in [0.15, 0.2) is 48.5 Å². The molecular formula is C26H34O6.